The van der Waals surface area contributed by atoms with Gasteiger partial charge >= 0.3 is 5.97 Å². The zero-order chi connectivity index (χ0) is 31.6. The first kappa shape index (κ1) is 34.8. The van der Waals surface area contributed by atoms with Gasteiger partial charge in [-0.2, -0.15) is 0 Å². The van der Waals surface area contributed by atoms with Crippen molar-refractivity contribution >= 4 is 46.8 Å². The number of benzene rings is 1. The molecule has 1 aliphatic heterocycles. The second-order valence-electron chi connectivity index (χ2n) is 11.7. The summed E-state index contributed by atoms with van der Waals surface area (Å²) in [4.78, 5) is 51.3. The Balaban J connectivity index is 0.00000529. The number of rotatable bonds is 11. The highest BCUT2D eigenvalue weighted by molar-refractivity contribution is 5.97. The molecule has 1 aliphatic carbocycles. The van der Waals surface area contributed by atoms with Crippen molar-refractivity contribution in [2.45, 2.75) is 71.0 Å². The highest BCUT2D eigenvalue weighted by Crippen LogP contribution is 2.44. The van der Waals surface area contributed by atoms with Crippen LogP contribution in [0.5, 0.6) is 5.75 Å². The average Bonchev–Trinajstić information content (AvgIpc) is 3.80. The van der Waals surface area contributed by atoms with E-state index in [1.54, 1.807) is 9.47 Å². The Morgan fingerprint density at radius 1 is 1.20 bits per heavy atom. The lowest BCUT2D eigenvalue weighted by atomic mass is 10.0. The van der Waals surface area contributed by atoms with Gasteiger partial charge in [0.05, 0.1) is 30.6 Å². The van der Waals surface area contributed by atoms with Crippen molar-refractivity contribution in [3.8, 4) is 5.75 Å². The first-order chi connectivity index (χ1) is 20.3. The number of carbonyl (C=O) groups excluding carboxylic acids is 2. The van der Waals surface area contributed by atoms with E-state index in [9.17, 15) is 24.3 Å². The lowest BCUT2D eigenvalue weighted by Crippen LogP contribution is -2.51. The van der Waals surface area contributed by atoms with Crippen molar-refractivity contribution in [3.63, 3.8) is 0 Å². The predicted octanol–water partition coefficient (Wildman–Crippen LogP) is 3.42. The monoisotopic (exact) mass is 639 g/mol. The summed E-state index contributed by atoms with van der Waals surface area (Å²) in [5.74, 6) is -3.62. The molecule has 1 aromatic heterocycles. The number of pyridine rings is 1. The van der Waals surface area contributed by atoms with Crippen molar-refractivity contribution in [1.29, 1.82) is 0 Å². The number of fused-ring (bicyclic) bond motifs is 1. The SMILES string of the molecule is COc1c(N2CCC/C(=C(\F)CNC(=O)[C@H](CC(C)C)NC(=O)[C@H](C)N)C2)c(F)cc2c(=O)c(C(=O)O)cn(C3CC3)c12.Cl. The Labute approximate surface area is 260 Å². The molecule has 44 heavy (non-hydrogen) atoms. The minimum Gasteiger partial charge on any atom is -0.492 e. The number of nitrogens with zero attached hydrogens (tertiary/aromatic N) is 2. The van der Waals surface area contributed by atoms with Gasteiger partial charge in [0.25, 0.3) is 0 Å². The van der Waals surface area contributed by atoms with E-state index in [2.05, 4.69) is 10.6 Å². The number of aromatic nitrogens is 1. The molecular formula is C30H40ClF2N5O6. The fourth-order valence-electron chi connectivity index (χ4n) is 5.43. The van der Waals surface area contributed by atoms with E-state index >= 15 is 8.78 Å². The second kappa shape index (κ2) is 14.4. The molecule has 14 heteroatoms. The van der Waals surface area contributed by atoms with E-state index < -0.39 is 59.0 Å². The van der Waals surface area contributed by atoms with Gasteiger partial charge in [-0.3, -0.25) is 14.4 Å². The molecule has 2 atom stereocenters. The van der Waals surface area contributed by atoms with Crippen LogP contribution < -0.4 is 31.4 Å². The Morgan fingerprint density at radius 3 is 2.45 bits per heavy atom. The standard InChI is InChI=1S/C30H39F2N5O6.ClH/c1-15(2)10-23(35-28(39)16(3)33)29(40)34-12-22(32)17-6-5-9-36(13-17)25-21(31)11-19-24(27(25)43-4)37(18-7-8-18)14-20(26(19)38)30(41)42;/h11,14-16,18,23H,5-10,12-13,33H2,1-4H3,(H,34,40)(H,35,39)(H,41,42);1H/b22-17+;/t16-,23-;/m0./s1. The molecule has 5 N–H and O–H groups in total. The lowest BCUT2D eigenvalue weighted by molar-refractivity contribution is -0.129. The van der Waals surface area contributed by atoms with E-state index in [0.29, 0.717) is 36.9 Å². The van der Waals surface area contributed by atoms with Gasteiger partial charge < -0.3 is 35.7 Å². The third-order valence-electron chi connectivity index (χ3n) is 7.73. The molecule has 1 saturated carbocycles. The molecule has 1 saturated heterocycles. The molecule has 0 radical (unpaired) electrons. The summed E-state index contributed by atoms with van der Waals surface area (Å²) in [6.07, 6.45) is 4.05. The van der Waals surface area contributed by atoms with Gasteiger partial charge in [-0.1, -0.05) is 13.8 Å². The molecule has 2 aliphatic rings. The van der Waals surface area contributed by atoms with Gasteiger partial charge in [-0.15, -0.1) is 12.4 Å². The maximum atomic E-state index is 15.7. The summed E-state index contributed by atoms with van der Waals surface area (Å²) in [5, 5.41) is 14.6. The molecule has 0 bridgehead atoms. The third-order valence-corrected chi connectivity index (χ3v) is 7.73. The summed E-state index contributed by atoms with van der Waals surface area (Å²) in [7, 11) is 1.35. The number of hydrogen-bond donors (Lipinski definition) is 4. The highest BCUT2D eigenvalue weighted by Gasteiger charge is 2.32. The topological polar surface area (TPSA) is 156 Å². The van der Waals surface area contributed by atoms with Crippen molar-refractivity contribution in [2.24, 2.45) is 11.7 Å². The van der Waals surface area contributed by atoms with Crippen LogP contribution in [0.4, 0.5) is 14.5 Å². The number of methoxy groups -OCH3 is 1. The van der Waals surface area contributed by atoms with E-state index in [-0.39, 0.29) is 47.7 Å². The van der Waals surface area contributed by atoms with E-state index in [0.717, 1.165) is 18.9 Å². The molecule has 0 spiro atoms. The Kier molecular flexibility index (Phi) is 11.4. The van der Waals surface area contributed by atoms with Crippen LogP contribution in [0.25, 0.3) is 10.9 Å². The van der Waals surface area contributed by atoms with Crippen molar-refractivity contribution in [2.75, 3.05) is 31.6 Å². The number of nitrogens with one attached hydrogen (secondary N) is 2. The molecule has 11 nitrogen and oxygen atoms in total. The van der Waals surface area contributed by atoms with Crippen LogP contribution in [0.3, 0.4) is 0 Å². The van der Waals surface area contributed by atoms with Crippen LogP contribution in [0, 0.1) is 11.7 Å². The van der Waals surface area contributed by atoms with Gasteiger partial charge in [0, 0.05) is 25.3 Å². The molecule has 4 rings (SSSR count). The van der Waals surface area contributed by atoms with Crippen LogP contribution in [-0.4, -0.2) is 66.3 Å². The van der Waals surface area contributed by atoms with Gasteiger partial charge in [-0.05, 0) is 56.6 Å². The van der Waals surface area contributed by atoms with Crippen molar-refractivity contribution in [3.05, 3.63) is 45.3 Å². The molecular weight excluding hydrogens is 600 g/mol. The van der Waals surface area contributed by atoms with Crippen LogP contribution in [-0.2, 0) is 9.59 Å². The maximum absolute atomic E-state index is 15.7. The molecule has 2 amide bonds. The predicted molar refractivity (Wildman–Crippen MR) is 165 cm³/mol. The van der Waals surface area contributed by atoms with Gasteiger partial charge in [-0.25, -0.2) is 13.6 Å². The average molecular weight is 640 g/mol. The van der Waals surface area contributed by atoms with Gasteiger partial charge in [0.1, 0.15) is 23.1 Å². The lowest BCUT2D eigenvalue weighted by Gasteiger charge is -2.33. The molecule has 1 aromatic carbocycles. The number of nitrogens with two attached hydrogens (primary N) is 1. The summed E-state index contributed by atoms with van der Waals surface area (Å²) < 4.78 is 38.5. The van der Waals surface area contributed by atoms with Gasteiger partial charge in [0.15, 0.2) is 11.6 Å². The summed E-state index contributed by atoms with van der Waals surface area (Å²) >= 11 is 0. The number of aromatic carboxylic acids is 1. The first-order valence-electron chi connectivity index (χ1n) is 14.5. The largest absolute Gasteiger partial charge is 0.492 e. The molecule has 0 unspecified atom stereocenters. The minimum absolute atomic E-state index is 0. The number of carboxylic acid groups (broad SMARTS) is 1. The number of anilines is 1. The zero-order valence-electron chi connectivity index (χ0n) is 25.2. The fraction of sp³-hybridized carbons (Fsp3) is 0.533. The summed E-state index contributed by atoms with van der Waals surface area (Å²) in [6.45, 7) is 5.28. The number of amides is 2. The smallest absolute Gasteiger partial charge is 0.341 e. The second-order valence-corrected chi connectivity index (χ2v) is 11.7. The Morgan fingerprint density at radius 2 is 1.89 bits per heavy atom. The number of halogens is 3. The minimum atomic E-state index is -1.40. The first-order valence-corrected chi connectivity index (χ1v) is 14.5. The van der Waals surface area contributed by atoms with Crippen LogP contribution in [0.2, 0.25) is 0 Å². The van der Waals surface area contributed by atoms with E-state index in [1.165, 1.54) is 20.2 Å². The number of carboxylic acids is 1. The van der Waals surface area contributed by atoms with E-state index in [4.69, 9.17) is 10.5 Å². The van der Waals surface area contributed by atoms with Crippen molar-refractivity contribution in [1.82, 2.24) is 15.2 Å². The molecule has 2 fully saturated rings. The number of ether oxygens (including phenoxy) is 1. The fourth-order valence-corrected chi connectivity index (χ4v) is 5.43. The number of piperidine rings is 1. The van der Waals surface area contributed by atoms with Crippen molar-refractivity contribution < 1.29 is 33.0 Å². The summed E-state index contributed by atoms with van der Waals surface area (Å²) in [6, 6.07) is -0.703. The maximum Gasteiger partial charge on any atom is 0.341 e. The Hall–Kier alpha value is -3.71. The number of carbonyl (C=O) groups is 3. The van der Waals surface area contributed by atoms with Gasteiger partial charge in [0.2, 0.25) is 17.2 Å². The number of hydrogen-bond acceptors (Lipinski definition) is 7. The highest BCUT2D eigenvalue weighted by atomic mass is 35.5. The van der Waals surface area contributed by atoms with E-state index in [1.807, 2.05) is 13.8 Å². The Bertz CT molecular complexity index is 1520. The van der Waals surface area contributed by atoms with Crippen LogP contribution >= 0.6 is 12.4 Å². The molecule has 2 heterocycles. The van der Waals surface area contributed by atoms with Crippen LogP contribution in [0.15, 0.2) is 28.5 Å². The summed E-state index contributed by atoms with van der Waals surface area (Å²) in [5.41, 5.74) is 5.08. The molecule has 242 valence electrons. The normalized spacial score (nSPS) is 17.5. The quantitative estimate of drug-likeness (QED) is 0.291. The zero-order valence-corrected chi connectivity index (χ0v) is 26.1. The third kappa shape index (κ3) is 7.49. The molecule has 2 aromatic rings. The van der Waals surface area contributed by atoms with Crippen LogP contribution in [0.1, 0.15) is 69.3 Å².